The third kappa shape index (κ3) is 542. The topological polar surface area (TPSA) is 189 Å². The minimum absolute atomic E-state index is 0. The van der Waals surface area contributed by atoms with Crippen LogP contribution in [0.25, 0.3) is 0 Å². The van der Waals surface area contributed by atoms with Crippen molar-refractivity contribution < 1.29 is 32.9 Å². The van der Waals surface area contributed by atoms with E-state index in [2.05, 4.69) is 0 Å². The molecule has 0 saturated heterocycles. The minimum Gasteiger partial charge on any atom is -0.412 e. The standard InChI is InChI=1S/51Mg.6H2O/h;;;;;;;;;;;;;;;;;;;;;;;;;;;;;;;;;;;;;;;;;;;;;;;;;;;6*1H2/q51*+2;;;;;;. The van der Waals surface area contributed by atoms with E-state index in [1.54, 1.807) is 0 Å². The molecule has 0 atom stereocenters. The van der Waals surface area contributed by atoms with Crippen molar-refractivity contribution in [3.05, 3.63) is 0 Å². The molecule has 0 aliphatic carbocycles. The van der Waals surface area contributed by atoms with Gasteiger partial charge in [0.2, 0.25) is 0 Å². The molecule has 57 heteroatoms. The van der Waals surface area contributed by atoms with Gasteiger partial charge in [0, 0.05) is 0 Å². The van der Waals surface area contributed by atoms with Gasteiger partial charge >= 0.3 is 1180 Å². The predicted octanol–water partition coefficient (Wildman–Crippen LogP) is -24.4. The third-order valence-electron chi connectivity index (χ3n) is 0. The van der Waals surface area contributed by atoms with E-state index in [9.17, 15) is 0 Å². The van der Waals surface area contributed by atoms with Crippen molar-refractivity contribution in [1.82, 2.24) is 0 Å². The molecule has 6 nitrogen and oxygen atoms in total. The summed E-state index contributed by atoms with van der Waals surface area (Å²) in [5.41, 5.74) is 0. The van der Waals surface area contributed by atoms with Crippen LogP contribution < -0.4 is 0 Å². The number of hydrogen-bond donors (Lipinski definition) is 0. The Bertz CT molecular complexity index is 27.7. The summed E-state index contributed by atoms with van der Waals surface area (Å²) in [7, 11) is 0. The first-order valence-electron chi connectivity index (χ1n) is 0. The summed E-state index contributed by atoms with van der Waals surface area (Å²) < 4.78 is 0. The summed E-state index contributed by atoms with van der Waals surface area (Å²) in [6.45, 7) is 0. The van der Waals surface area contributed by atoms with Gasteiger partial charge in [0.15, 0.2) is 0 Å². The first-order valence-corrected chi connectivity index (χ1v) is 0. The maximum Gasteiger partial charge on any atom is 2.00 e. The van der Waals surface area contributed by atoms with Crippen LogP contribution in [0, 0.1) is 0 Å². The molecule has 0 aromatic heterocycles. The molecule has 0 aromatic rings. The Kier molecular flexibility index (Phi) is 5550. The molecule has 0 spiro atoms. The van der Waals surface area contributed by atoms with Crippen molar-refractivity contribution in [1.29, 1.82) is 0 Å². The average Bonchev–Trinajstić information content (AvgIpc) is 0. The van der Waals surface area contributed by atoms with Crippen LogP contribution in [0.15, 0.2) is 0 Å². The van der Waals surface area contributed by atoms with Gasteiger partial charge in [0.25, 0.3) is 0 Å². The van der Waals surface area contributed by atoms with Gasteiger partial charge in [-0.05, 0) is 0 Å². The van der Waals surface area contributed by atoms with Crippen molar-refractivity contribution in [2.75, 3.05) is 0 Å². The molecule has 0 aliphatic heterocycles. The van der Waals surface area contributed by atoms with Crippen LogP contribution in [-0.4, -0.2) is 1210 Å². The van der Waals surface area contributed by atoms with Crippen LogP contribution >= 0.6 is 0 Å². The fourth-order valence-corrected chi connectivity index (χ4v) is 0. The van der Waals surface area contributed by atoms with Crippen LogP contribution in [0.3, 0.4) is 0 Å². The zero-order valence-electron chi connectivity index (χ0n) is 39.1. The molecule has 0 aromatic carbocycles. The Hall–Kier alpha value is 38.8. The second-order valence-corrected chi connectivity index (χ2v) is 0. The minimum atomic E-state index is 0. The average molecular weight is 1350 g/mol. The Morgan fingerprint density at radius 1 is 0.0351 bits per heavy atom. The molecular formula is H12Mg51O6+102. The Balaban J connectivity index is 0. The predicted molar refractivity (Wildman–Crippen MR) is 315 cm³/mol. The van der Waals surface area contributed by atoms with Gasteiger partial charge in [-0.1, -0.05) is 0 Å². The molecule has 0 unspecified atom stereocenters. The summed E-state index contributed by atoms with van der Waals surface area (Å²) in [6.07, 6.45) is 0. The van der Waals surface area contributed by atoms with Crippen molar-refractivity contribution in [2.45, 2.75) is 0 Å². The van der Waals surface area contributed by atoms with Crippen LogP contribution in [-0.2, 0) is 0 Å². The molecule has 0 rings (SSSR count). The van der Waals surface area contributed by atoms with Gasteiger partial charge in [0.05, 0.1) is 0 Å². The van der Waals surface area contributed by atoms with Gasteiger partial charge in [0.1, 0.15) is 0 Å². The van der Waals surface area contributed by atoms with Crippen molar-refractivity contribution in [3.8, 4) is 0 Å². The zero-order chi connectivity index (χ0) is 0. The normalized spacial score (nSPS) is 0. The Morgan fingerprint density at radius 3 is 0.0351 bits per heavy atom. The van der Waals surface area contributed by atoms with Gasteiger partial charge in [-0.25, -0.2) is 0 Å². The molecule has 0 aliphatic rings. The van der Waals surface area contributed by atoms with E-state index in [0.29, 0.717) is 0 Å². The molecule has 57 heavy (non-hydrogen) atoms. The third-order valence-corrected chi connectivity index (χ3v) is 0. The van der Waals surface area contributed by atoms with Crippen molar-refractivity contribution in [2.24, 2.45) is 0 Å². The van der Waals surface area contributed by atoms with Gasteiger partial charge in [-0.3, -0.25) is 0 Å². The van der Waals surface area contributed by atoms with E-state index in [0.717, 1.165) is 0 Å². The van der Waals surface area contributed by atoms with Crippen molar-refractivity contribution >= 4 is 1180 Å². The molecule has 0 radical (unpaired) electrons. The molecule has 0 fully saturated rings. The first kappa shape index (κ1) is 571. The summed E-state index contributed by atoms with van der Waals surface area (Å²) in [6, 6.07) is 0. The van der Waals surface area contributed by atoms with Crippen LogP contribution in [0.1, 0.15) is 0 Å². The van der Waals surface area contributed by atoms with E-state index in [-0.39, 0.29) is 1210 Å². The van der Waals surface area contributed by atoms with E-state index < -0.39 is 0 Å². The summed E-state index contributed by atoms with van der Waals surface area (Å²) in [5.74, 6) is 0. The Labute approximate surface area is 1170 Å². The monoisotopic (exact) mass is 1330 g/mol. The Morgan fingerprint density at radius 2 is 0.0351 bits per heavy atom. The fraction of sp³-hybridized carbons (Fsp3) is 0. The van der Waals surface area contributed by atoms with Gasteiger partial charge in [-0.2, -0.15) is 0 Å². The molecule has 0 heterocycles. The summed E-state index contributed by atoms with van der Waals surface area (Å²) in [4.78, 5) is 0. The van der Waals surface area contributed by atoms with E-state index in [1.807, 2.05) is 0 Å². The molecule has 0 bridgehead atoms. The van der Waals surface area contributed by atoms with E-state index >= 15 is 0 Å². The van der Waals surface area contributed by atoms with Gasteiger partial charge in [-0.15, -0.1) is 0 Å². The molecule has 0 amide bonds. The quantitative estimate of drug-likeness (QED) is 0.209. The van der Waals surface area contributed by atoms with E-state index in [4.69, 9.17) is 0 Å². The maximum atomic E-state index is 0. The molecular weight excluding hydrogens is 1340 g/mol. The van der Waals surface area contributed by atoms with E-state index in [1.165, 1.54) is 0 Å². The van der Waals surface area contributed by atoms with Gasteiger partial charge < -0.3 is 32.9 Å². The van der Waals surface area contributed by atoms with Crippen LogP contribution in [0.4, 0.5) is 0 Å². The molecule has 48 valence electrons. The second-order valence-electron chi connectivity index (χ2n) is 0. The number of rotatable bonds is 0. The smallest absolute Gasteiger partial charge is 0.412 e. The van der Waals surface area contributed by atoms with Crippen LogP contribution in [0.5, 0.6) is 0 Å². The first-order chi connectivity index (χ1) is 0. The largest absolute Gasteiger partial charge is 2.00 e. The molecule has 12 N–H and O–H groups in total. The fourth-order valence-electron chi connectivity index (χ4n) is 0. The van der Waals surface area contributed by atoms with Crippen molar-refractivity contribution in [3.63, 3.8) is 0 Å². The number of hydrogen-bond acceptors (Lipinski definition) is 0. The SMILES string of the molecule is O.O.O.O.O.O.[Mg+2].[Mg+2].[Mg+2].[Mg+2].[Mg+2].[Mg+2].[Mg+2].[Mg+2].[Mg+2].[Mg+2].[Mg+2].[Mg+2].[Mg+2].[Mg+2].[Mg+2].[Mg+2].[Mg+2].[Mg+2].[Mg+2].[Mg+2].[Mg+2].[Mg+2].[Mg+2].[Mg+2].[Mg+2].[Mg+2].[Mg+2].[Mg+2].[Mg+2].[Mg+2].[Mg+2].[Mg+2].[Mg+2].[Mg+2].[Mg+2].[Mg+2].[Mg+2].[Mg+2].[Mg+2].[Mg+2].[Mg+2].[Mg+2].[Mg+2].[Mg+2].[Mg+2].[Mg+2].[Mg+2].[Mg+2].[Mg+2].[Mg+2].[Mg+2]. The van der Waals surface area contributed by atoms with Crippen LogP contribution in [0.2, 0.25) is 0 Å². The zero-order valence-corrected chi connectivity index (χ0v) is 111. The molecule has 0 saturated carbocycles. The summed E-state index contributed by atoms with van der Waals surface area (Å²) >= 11 is 0. The summed E-state index contributed by atoms with van der Waals surface area (Å²) in [5, 5.41) is 0. The second kappa shape index (κ2) is 554. The maximum absolute atomic E-state index is 0.